The van der Waals surface area contributed by atoms with Crippen LogP contribution in [0.3, 0.4) is 0 Å². The first-order valence-electron chi connectivity index (χ1n) is 6.71. The minimum atomic E-state index is 0.950. The number of likely N-dealkylation sites (tertiary alicyclic amines) is 1. The van der Waals surface area contributed by atoms with Gasteiger partial charge in [0, 0.05) is 5.92 Å². The molecule has 1 aliphatic heterocycles. The van der Waals surface area contributed by atoms with Gasteiger partial charge in [-0.05, 0) is 39.0 Å². The Morgan fingerprint density at radius 1 is 0.929 bits per heavy atom. The fraction of sp³-hybridized carbons (Fsp3) is 1.00. The topological polar surface area (TPSA) is 4.44 Å². The van der Waals surface area contributed by atoms with Crippen LogP contribution in [0.15, 0.2) is 0 Å². The maximum absolute atomic E-state index is 2.46. The molecule has 2 atom stereocenters. The minimum Gasteiger partial charge on any atom is -0.333 e. The molecule has 1 heterocycles. The Balaban J connectivity index is 1.76. The first kappa shape index (κ1) is 10.5. The van der Waals surface area contributed by atoms with E-state index in [-0.39, 0.29) is 0 Å². The minimum absolute atomic E-state index is 0.950. The zero-order valence-electron chi connectivity index (χ0n) is 9.73. The molecule has 0 bridgehead atoms. The molecular weight excluding hydrogens is 170 g/mol. The number of nitrogens with one attached hydrogen (secondary N) is 1. The van der Waals surface area contributed by atoms with Crippen molar-refractivity contribution in [3.8, 4) is 0 Å². The predicted molar refractivity (Wildman–Crippen MR) is 60.6 cm³/mol. The molecule has 1 N–H and O–H groups in total. The van der Waals surface area contributed by atoms with Crippen LogP contribution in [0.1, 0.15) is 58.3 Å². The maximum atomic E-state index is 2.46. The highest BCUT2D eigenvalue weighted by atomic mass is 15.2. The molecule has 2 unspecified atom stereocenters. The zero-order valence-corrected chi connectivity index (χ0v) is 9.73. The summed E-state index contributed by atoms with van der Waals surface area (Å²) in [6, 6.07) is 0.950. The van der Waals surface area contributed by atoms with Crippen molar-refractivity contribution in [1.29, 1.82) is 0 Å². The molecular formula is C13H26N+. The second kappa shape index (κ2) is 5.16. The van der Waals surface area contributed by atoms with Gasteiger partial charge in [0.2, 0.25) is 0 Å². The van der Waals surface area contributed by atoms with Crippen molar-refractivity contribution in [2.75, 3.05) is 13.1 Å². The fourth-order valence-electron chi connectivity index (χ4n) is 3.32. The van der Waals surface area contributed by atoms with Crippen LogP contribution in [0, 0.1) is 5.92 Å². The van der Waals surface area contributed by atoms with Crippen molar-refractivity contribution in [2.24, 2.45) is 5.92 Å². The van der Waals surface area contributed by atoms with Gasteiger partial charge in [-0.1, -0.05) is 19.3 Å². The average molecular weight is 196 g/mol. The molecule has 1 heteroatoms. The van der Waals surface area contributed by atoms with Gasteiger partial charge in [-0.15, -0.1) is 0 Å². The van der Waals surface area contributed by atoms with Gasteiger partial charge < -0.3 is 4.90 Å². The molecule has 1 aliphatic carbocycles. The Labute approximate surface area is 88.9 Å². The summed E-state index contributed by atoms with van der Waals surface area (Å²) in [6.07, 6.45) is 12.0. The Morgan fingerprint density at radius 2 is 1.64 bits per heavy atom. The Hall–Kier alpha value is -0.0400. The smallest absolute Gasteiger partial charge is 0.0846 e. The van der Waals surface area contributed by atoms with Crippen molar-refractivity contribution in [2.45, 2.75) is 64.3 Å². The van der Waals surface area contributed by atoms with Crippen molar-refractivity contribution in [3.05, 3.63) is 0 Å². The second-order valence-electron chi connectivity index (χ2n) is 5.51. The quantitative estimate of drug-likeness (QED) is 0.689. The van der Waals surface area contributed by atoms with Crippen LogP contribution in [0.25, 0.3) is 0 Å². The molecule has 1 saturated carbocycles. The van der Waals surface area contributed by atoms with E-state index >= 15 is 0 Å². The van der Waals surface area contributed by atoms with Crippen LogP contribution in [-0.4, -0.2) is 19.1 Å². The molecule has 14 heavy (non-hydrogen) atoms. The summed E-state index contributed by atoms with van der Waals surface area (Å²) in [5, 5.41) is 0. The highest BCUT2D eigenvalue weighted by molar-refractivity contribution is 4.66. The third-order valence-corrected chi connectivity index (χ3v) is 4.36. The Bertz CT molecular complexity index is 161. The first-order valence-corrected chi connectivity index (χ1v) is 6.71. The molecule has 0 aromatic rings. The van der Waals surface area contributed by atoms with Gasteiger partial charge in [0.25, 0.3) is 0 Å². The van der Waals surface area contributed by atoms with Crippen LogP contribution in [0.2, 0.25) is 0 Å². The summed E-state index contributed by atoms with van der Waals surface area (Å²) < 4.78 is 0. The molecule has 1 nitrogen and oxygen atoms in total. The van der Waals surface area contributed by atoms with Crippen molar-refractivity contribution < 1.29 is 4.90 Å². The molecule has 0 amide bonds. The van der Waals surface area contributed by atoms with Crippen LogP contribution < -0.4 is 4.90 Å². The molecule has 0 spiro atoms. The third kappa shape index (κ3) is 2.73. The Kier molecular flexibility index (Phi) is 3.86. The number of piperidine rings is 1. The standard InChI is InChI=1S/C13H25N/c1-12-7-5-6-10-14(12)11-13-8-3-2-4-9-13/h12-13H,2-11H2,1H3/p+1. The SMILES string of the molecule is CC1CCCC[NH+]1CC1CCCCC1. The van der Waals surface area contributed by atoms with Crippen LogP contribution >= 0.6 is 0 Å². The lowest BCUT2D eigenvalue weighted by atomic mass is 9.88. The van der Waals surface area contributed by atoms with E-state index in [1.165, 1.54) is 64.5 Å². The predicted octanol–water partition coefficient (Wildman–Crippen LogP) is 2.02. The maximum Gasteiger partial charge on any atom is 0.0846 e. The summed E-state index contributed by atoms with van der Waals surface area (Å²) >= 11 is 0. The molecule has 0 aromatic carbocycles. The van der Waals surface area contributed by atoms with Crippen molar-refractivity contribution >= 4 is 0 Å². The summed E-state index contributed by atoms with van der Waals surface area (Å²) in [7, 11) is 0. The monoisotopic (exact) mass is 196 g/mol. The normalized spacial score (nSPS) is 35.8. The van der Waals surface area contributed by atoms with E-state index in [0.717, 1.165) is 12.0 Å². The highest BCUT2D eigenvalue weighted by Crippen LogP contribution is 2.22. The average Bonchev–Trinajstić information content (AvgIpc) is 2.23. The molecule has 2 fully saturated rings. The molecule has 1 saturated heterocycles. The van der Waals surface area contributed by atoms with Gasteiger partial charge in [0.1, 0.15) is 0 Å². The van der Waals surface area contributed by atoms with Crippen molar-refractivity contribution in [3.63, 3.8) is 0 Å². The van der Waals surface area contributed by atoms with Crippen LogP contribution in [-0.2, 0) is 0 Å². The molecule has 0 radical (unpaired) electrons. The largest absolute Gasteiger partial charge is 0.333 e. The third-order valence-electron chi connectivity index (χ3n) is 4.36. The van der Waals surface area contributed by atoms with E-state index in [4.69, 9.17) is 0 Å². The number of hydrogen-bond donors (Lipinski definition) is 1. The number of quaternary nitrogens is 1. The summed E-state index contributed by atoms with van der Waals surface area (Å²) in [5.74, 6) is 1.07. The zero-order chi connectivity index (χ0) is 9.80. The lowest BCUT2D eigenvalue weighted by Crippen LogP contribution is -3.16. The summed E-state index contributed by atoms with van der Waals surface area (Å²) in [6.45, 7) is 5.40. The molecule has 82 valence electrons. The summed E-state index contributed by atoms with van der Waals surface area (Å²) in [5.41, 5.74) is 0. The number of rotatable bonds is 2. The van der Waals surface area contributed by atoms with E-state index in [2.05, 4.69) is 6.92 Å². The van der Waals surface area contributed by atoms with E-state index in [1.54, 1.807) is 0 Å². The van der Waals surface area contributed by atoms with E-state index in [9.17, 15) is 0 Å². The van der Waals surface area contributed by atoms with Crippen LogP contribution in [0.5, 0.6) is 0 Å². The fourth-order valence-corrected chi connectivity index (χ4v) is 3.32. The van der Waals surface area contributed by atoms with Crippen molar-refractivity contribution in [1.82, 2.24) is 0 Å². The second-order valence-corrected chi connectivity index (χ2v) is 5.51. The van der Waals surface area contributed by atoms with Gasteiger partial charge in [0.15, 0.2) is 0 Å². The summed E-state index contributed by atoms with van der Waals surface area (Å²) in [4.78, 5) is 1.92. The molecule has 2 aliphatic rings. The molecule has 2 rings (SSSR count). The van der Waals surface area contributed by atoms with Gasteiger partial charge in [0.05, 0.1) is 19.1 Å². The Morgan fingerprint density at radius 3 is 2.36 bits per heavy atom. The lowest BCUT2D eigenvalue weighted by molar-refractivity contribution is -0.932. The van der Waals surface area contributed by atoms with E-state index in [1.807, 2.05) is 4.90 Å². The number of hydrogen-bond acceptors (Lipinski definition) is 0. The first-order chi connectivity index (χ1) is 6.86. The highest BCUT2D eigenvalue weighted by Gasteiger charge is 2.25. The van der Waals surface area contributed by atoms with E-state index in [0.29, 0.717) is 0 Å². The van der Waals surface area contributed by atoms with Gasteiger partial charge in [-0.25, -0.2) is 0 Å². The van der Waals surface area contributed by atoms with Gasteiger partial charge in [-0.3, -0.25) is 0 Å². The van der Waals surface area contributed by atoms with Gasteiger partial charge in [-0.2, -0.15) is 0 Å². The molecule has 0 aromatic heterocycles. The van der Waals surface area contributed by atoms with Gasteiger partial charge >= 0.3 is 0 Å². The lowest BCUT2D eigenvalue weighted by Gasteiger charge is -2.34. The van der Waals surface area contributed by atoms with Crippen LogP contribution in [0.4, 0.5) is 0 Å². The van der Waals surface area contributed by atoms with E-state index < -0.39 is 0 Å².